The van der Waals surface area contributed by atoms with Crippen LogP contribution < -0.4 is 0 Å². The second kappa shape index (κ2) is 7.23. The molecule has 0 unspecified atom stereocenters. The van der Waals surface area contributed by atoms with E-state index in [1.165, 1.54) is 24.3 Å². The molecule has 1 N–H and O–H groups in total. The van der Waals surface area contributed by atoms with Crippen molar-refractivity contribution < 1.29 is 23.9 Å². The predicted molar refractivity (Wildman–Crippen MR) is 99.0 cm³/mol. The number of benzene rings is 1. The Kier molecular flexibility index (Phi) is 5.01. The third-order valence-electron chi connectivity index (χ3n) is 3.57. The molecule has 1 aromatic carbocycles. The molecule has 1 aliphatic heterocycles. The van der Waals surface area contributed by atoms with Gasteiger partial charge in [-0.25, -0.2) is 4.79 Å². The highest BCUT2D eigenvalue weighted by atomic mass is 35.5. The number of carboxylic acid groups (broad SMARTS) is 1. The van der Waals surface area contributed by atoms with Crippen molar-refractivity contribution in [2.75, 3.05) is 6.54 Å². The molecule has 0 saturated carbocycles. The van der Waals surface area contributed by atoms with Gasteiger partial charge in [0.25, 0.3) is 11.1 Å². The number of furan rings is 1. The van der Waals surface area contributed by atoms with Gasteiger partial charge in [-0.05, 0) is 42.1 Å². The average Bonchev–Trinajstić information content (AvgIpc) is 3.16. The van der Waals surface area contributed by atoms with E-state index in [4.69, 9.17) is 21.1 Å². The maximum atomic E-state index is 12.2. The van der Waals surface area contributed by atoms with Crippen LogP contribution in [0, 0.1) is 0 Å². The zero-order valence-electron chi connectivity index (χ0n) is 13.3. The molecule has 0 atom stereocenters. The lowest BCUT2D eigenvalue weighted by Crippen LogP contribution is -2.27. The summed E-state index contributed by atoms with van der Waals surface area (Å²) in [5.74, 6) is -0.756. The van der Waals surface area contributed by atoms with E-state index < -0.39 is 11.9 Å². The molecule has 26 heavy (non-hydrogen) atoms. The molecule has 2 amide bonds. The number of rotatable bonds is 5. The van der Waals surface area contributed by atoms with Crippen LogP contribution in [-0.4, -0.2) is 33.7 Å². The van der Waals surface area contributed by atoms with Crippen molar-refractivity contribution in [3.05, 3.63) is 64.2 Å². The van der Waals surface area contributed by atoms with Crippen LogP contribution in [0.15, 0.2) is 52.3 Å². The minimum absolute atomic E-state index is 0.0346. The van der Waals surface area contributed by atoms with E-state index in [1.54, 1.807) is 18.2 Å². The van der Waals surface area contributed by atoms with Gasteiger partial charge in [-0.2, -0.15) is 0 Å². The van der Waals surface area contributed by atoms with E-state index in [0.29, 0.717) is 17.1 Å². The number of halogens is 1. The number of carboxylic acids is 1. The van der Waals surface area contributed by atoms with Crippen LogP contribution in [0.25, 0.3) is 17.4 Å². The van der Waals surface area contributed by atoms with E-state index >= 15 is 0 Å². The summed E-state index contributed by atoms with van der Waals surface area (Å²) >= 11 is 6.69. The molecular weight excluding hydrogens is 378 g/mol. The van der Waals surface area contributed by atoms with Crippen molar-refractivity contribution in [2.24, 2.45) is 0 Å². The summed E-state index contributed by atoms with van der Waals surface area (Å²) in [6.07, 6.45) is 2.95. The summed E-state index contributed by atoms with van der Waals surface area (Å²) in [7, 11) is 0. The molecule has 0 bridgehead atoms. The molecule has 132 valence electrons. The van der Waals surface area contributed by atoms with E-state index in [9.17, 15) is 14.4 Å². The van der Waals surface area contributed by atoms with E-state index in [-0.39, 0.29) is 27.3 Å². The summed E-state index contributed by atoms with van der Waals surface area (Å²) in [5, 5.41) is 8.91. The summed E-state index contributed by atoms with van der Waals surface area (Å²) in [6, 6.07) is 7.80. The van der Waals surface area contributed by atoms with Crippen LogP contribution in [0.3, 0.4) is 0 Å². The lowest BCUT2D eigenvalue weighted by atomic mass is 10.1. The van der Waals surface area contributed by atoms with Gasteiger partial charge in [0.2, 0.25) is 0 Å². The molecular formula is C18H12ClNO5S. The van der Waals surface area contributed by atoms with Crippen LogP contribution in [0.1, 0.15) is 16.1 Å². The Morgan fingerprint density at radius 3 is 2.77 bits per heavy atom. The molecule has 1 aromatic heterocycles. The maximum absolute atomic E-state index is 12.2. The van der Waals surface area contributed by atoms with E-state index in [1.807, 2.05) is 0 Å². The topological polar surface area (TPSA) is 87.8 Å². The van der Waals surface area contributed by atoms with Gasteiger partial charge >= 0.3 is 5.97 Å². The molecule has 3 rings (SSSR count). The zero-order valence-corrected chi connectivity index (χ0v) is 14.8. The monoisotopic (exact) mass is 389 g/mol. The van der Waals surface area contributed by atoms with Crippen molar-refractivity contribution in [1.29, 1.82) is 0 Å². The normalized spacial score (nSPS) is 15.7. The highest BCUT2D eigenvalue weighted by Gasteiger charge is 2.34. The van der Waals surface area contributed by atoms with Crippen LogP contribution in [-0.2, 0) is 4.79 Å². The maximum Gasteiger partial charge on any atom is 0.337 e. The Balaban J connectivity index is 1.88. The number of hydrogen-bond acceptors (Lipinski definition) is 5. The first kappa shape index (κ1) is 18.0. The second-order valence-electron chi connectivity index (χ2n) is 5.28. The number of aromatic carboxylic acids is 1. The number of thioether (sulfide) groups is 1. The van der Waals surface area contributed by atoms with Crippen LogP contribution >= 0.6 is 23.4 Å². The summed E-state index contributed by atoms with van der Waals surface area (Å²) < 4.78 is 5.66. The summed E-state index contributed by atoms with van der Waals surface area (Å²) in [4.78, 5) is 36.5. The van der Waals surface area contributed by atoms with Gasteiger partial charge in [-0.1, -0.05) is 17.7 Å². The predicted octanol–water partition coefficient (Wildman–Crippen LogP) is 4.52. The van der Waals surface area contributed by atoms with E-state index in [0.717, 1.165) is 16.7 Å². The lowest BCUT2D eigenvalue weighted by molar-refractivity contribution is -0.122. The fraction of sp³-hybridized carbons (Fsp3) is 0.0556. The van der Waals surface area contributed by atoms with Crippen molar-refractivity contribution in [3.8, 4) is 11.3 Å². The number of nitrogens with zero attached hydrogens (tertiary/aromatic N) is 1. The molecule has 2 heterocycles. The number of amides is 2. The van der Waals surface area contributed by atoms with Gasteiger partial charge in [-0.3, -0.25) is 14.5 Å². The van der Waals surface area contributed by atoms with E-state index in [2.05, 4.69) is 6.58 Å². The van der Waals surface area contributed by atoms with Crippen LogP contribution in [0.4, 0.5) is 4.79 Å². The van der Waals surface area contributed by atoms with Crippen LogP contribution in [0.2, 0.25) is 5.02 Å². The number of imide groups is 1. The first-order chi connectivity index (χ1) is 12.4. The van der Waals surface area contributed by atoms with Crippen molar-refractivity contribution >= 4 is 46.6 Å². The van der Waals surface area contributed by atoms with Crippen molar-refractivity contribution in [2.45, 2.75) is 0 Å². The minimum atomic E-state index is -1.14. The van der Waals surface area contributed by atoms with Crippen molar-refractivity contribution in [1.82, 2.24) is 4.90 Å². The summed E-state index contributed by atoms with van der Waals surface area (Å²) in [5.41, 5.74) is 0.499. The standard InChI is InChI=1S/C18H12ClNO5S/c1-2-7-20-16(21)15(26-18(20)24)9-11-4-6-14(25-11)10-3-5-13(19)12(8-10)17(22)23/h2-6,8-9H,1,7H2,(H,22,23)/b15-9-. The van der Waals surface area contributed by atoms with Gasteiger partial charge in [0.15, 0.2) is 0 Å². The van der Waals surface area contributed by atoms with Gasteiger partial charge in [-0.15, -0.1) is 6.58 Å². The number of hydrogen-bond donors (Lipinski definition) is 1. The Morgan fingerprint density at radius 1 is 1.31 bits per heavy atom. The highest BCUT2D eigenvalue weighted by molar-refractivity contribution is 8.18. The molecule has 2 aromatic rings. The Bertz CT molecular complexity index is 962. The van der Waals surface area contributed by atoms with Gasteiger partial charge in [0.1, 0.15) is 11.5 Å². The first-order valence-electron chi connectivity index (χ1n) is 7.40. The molecule has 8 heteroatoms. The summed E-state index contributed by atoms with van der Waals surface area (Å²) in [6.45, 7) is 3.67. The third-order valence-corrected chi connectivity index (χ3v) is 4.80. The first-order valence-corrected chi connectivity index (χ1v) is 8.59. The smallest absolute Gasteiger partial charge is 0.337 e. The molecule has 0 aliphatic carbocycles. The Hall–Kier alpha value is -2.77. The molecule has 1 aliphatic rings. The number of carbonyl (C=O) groups is 3. The largest absolute Gasteiger partial charge is 0.478 e. The zero-order chi connectivity index (χ0) is 18.8. The van der Waals surface area contributed by atoms with Crippen LogP contribution in [0.5, 0.6) is 0 Å². The molecule has 1 fully saturated rings. The second-order valence-corrected chi connectivity index (χ2v) is 6.68. The quantitative estimate of drug-likeness (QED) is 0.597. The molecule has 6 nitrogen and oxygen atoms in total. The molecule has 0 spiro atoms. The van der Waals surface area contributed by atoms with Crippen molar-refractivity contribution in [3.63, 3.8) is 0 Å². The Morgan fingerprint density at radius 2 is 2.08 bits per heavy atom. The third kappa shape index (κ3) is 3.44. The average molecular weight is 390 g/mol. The minimum Gasteiger partial charge on any atom is -0.478 e. The fourth-order valence-corrected chi connectivity index (χ4v) is 3.37. The van der Waals surface area contributed by atoms with Gasteiger partial charge in [0, 0.05) is 18.2 Å². The number of carbonyl (C=O) groups excluding carboxylic acids is 2. The van der Waals surface area contributed by atoms with Gasteiger partial charge in [0.05, 0.1) is 15.5 Å². The highest BCUT2D eigenvalue weighted by Crippen LogP contribution is 2.33. The fourth-order valence-electron chi connectivity index (χ4n) is 2.34. The lowest BCUT2D eigenvalue weighted by Gasteiger charge is -2.07. The SMILES string of the molecule is C=CCN1C(=O)S/C(=C\c2ccc(-c3ccc(Cl)c(C(=O)O)c3)o2)C1=O. The molecule has 0 radical (unpaired) electrons. The van der Waals surface area contributed by atoms with Gasteiger partial charge < -0.3 is 9.52 Å². The molecule has 1 saturated heterocycles. The Labute approximate surface area is 157 Å².